The highest BCUT2D eigenvalue weighted by molar-refractivity contribution is 5.97. The van der Waals surface area contributed by atoms with Crippen LogP contribution < -0.4 is 5.32 Å². The SMILES string of the molecule is CC(C)CNC(=O)c1ccc(C(=O)N2CCN(C=O)CC2)cc1. The second kappa shape index (κ2) is 7.76. The van der Waals surface area contributed by atoms with E-state index in [0.29, 0.717) is 49.8 Å². The molecule has 1 aromatic carbocycles. The normalized spacial score (nSPS) is 14.7. The topological polar surface area (TPSA) is 69.7 Å². The Kier molecular flexibility index (Phi) is 5.73. The van der Waals surface area contributed by atoms with Crippen molar-refractivity contribution in [3.05, 3.63) is 35.4 Å². The number of piperazine rings is 1. The molecule has 1 aliphatic rings. The summed E-state index contributed by atoms with van der Waals surface area (Å²) in [6.07, 6.45) is 0.812. The quantitative estimate of drug-likeness (QED) is 0.823. The summed E-state index contributed by atoms with van der Waals surface area (Å²) in [5.41, 5.74) is 1.11. The van der Waals surface area contributed by atoms with E-state index in [-0.39, 0.29) is 11.8 Å². The largest absolute Gasteiger partial charge is 0.352 e. The first-order valence-electron chi connectivity index (χ1n) is 7.88. The third-order valence-corrected chi connectivity index (χ3v) is 3.82. The zero-order chi connectivity index (χ0) is 16.8. The molecule has 1 fully saturated rings. The van der Waals surface area contributed by atoms with Crippen LogP contribution in [0.2, 0.25) is 0 Å². The molecule has 2 rings (SSSR count). The minimum atomic E-state index is -0.128. The molecule has 1 N–H and O–H groups in total. The molecule has 6 heteroatoms. The van der Waals surface area contributed by atoms with Gasteiger partial charge in [0.2, 0.25) is 6.41 Å². The molecular formula is C17H23N3O3. The number of carbonyl (C=O) groups is 3. The smallest absolute Gasteiger partial charge is 0.253 e. The third-order valence-electron chi connectivity index (χ3n) is 3.82. The van der Waals surface area contributed by atoms with Crippen LogP contribution in [-0.4, -0.2) is 60.7 Å². The fourth-order valence-corrected chi connectivity index (χ4v) is 2.38. The molecule has 23 heavy (non-hydrogen) atoms. The molecule has 3 amide bonds. The van der Waals surface area contributed by atoms with Gasteiger partial charge in [-0.25, -0.2) is 0 Å². The van der Waals surface area contributed by atoms with Crippen LogP contribution in [0.4, 0.5) is 0 Å². The molecule has 124 valence electrons. The first kappa shape index (κ1) is 17.0. The minimum absolute atomic E-state index is 0.0651. The van der Waals surface area contributed by atoms with E-state index in [4.69, 9.17) is 0 Å². The zero-order valence-corrected chi connectivity index (χ0v) is 13.6. The van der Waals surface area contributed by atoms with Crippen molar-refractivity contribution in [2.45, 2.75) is 13.8 Å². The van der Waals surface area contributed by atoms with E-state index in [2.05, 4.69) is 5.32 Å². The lowest BCUT2D eigenvalue weighted by atomic mass is 10.1. The summed E-state index contributed by atoms with van der Waals surface area (Å²) in [5, 5.41) is 2.85. The minimum Gasteiger partial charge on any atom is -0.352 e. The molecule has 0 unspecified atom stereocenters. The Morgan fingerprint density at radius 2 is 1.65 bits per heavy atom. The molecule has 0 spiro atoms. The lowest BCUT2D eigenvalue weighted by Gasteiger charge is -2.32. The summed E-state index contributed by atoms with van der Waals surface area (Å²) in [6.45, 7) is 6.89. The standard InChI is InChI=1S/C17H23N3O3/c1-13(2)11-18-16(22)14-3-5-15(6-4-14)17(23)20-9-7-19(12-21)8-10-20/h3-6,12-13H,7-11H2,1-2H3,(H,18,22). The summed E-state index contributed by atoms with van der Waals surface area (Å²) in [6, 6.07) is 6.70. The van der Waals surface area contributed by atoms with E-state index in [0.717, 1.165) is 6.41 Å². The van der Waals surface area contributed by atoms with Gasteiger partial charge in [-0.2, -0.15) is 0 Å². The number of nitrogens with one attached hydrogen (secondary N) is 1. The maximum absolute atomic E-state index is 12.4. The molecule has 0 bridgehead atoms. The Morgan fingerprint density at radius 1 is 1.09 bits per heavy atom. The Morgan fingerprint density at radius 3 is 2.17 bits per heavy atom. The number of amides is 3. The predicted molar refractivity (Wildman–Crippen MR) is 87.2 cm³/mol. The van der Waals surface area contributed by atoms with Crippen molar-refractivity contribution in [2.24, 2.45) is 5.92 Å². The van der Waals surface area contributed by atoms with Gasteiger partial charge in [0.25, 0.3) is 11.8 Å². The van der Waals surface area contributed by atoms with Gasteiger partial charge in [0.1, 0.15) is 0 Å². The Hall–Kier alpha value is -2.37. The number of benzene rings is 1. The van der Waals surface area contributed by atoms with Crippen molar-refractivity contribution in [2.75, 3.05) is 32.7 Å². The summed E-state index contributed by atoms with van der Waals surface area (Å²) in [4.78, 5) is 38.4. The molecule has 0 aromatic heterocycles. The molecule has 1 aromatic rings. The van der Waals surface area contributed by atoms with Gasteiger partial charge in [-0.05, 0) is 30.2 Å². The van der Waals surface area contributed by atoms with Crippen molar-refractivity contribution in [1.29, 1.82) is 0 Å². The number of carbonyl (C=O) groups excluding carboxylic acids is 3. The van der Waals surface area contributed by atoms with Crippen LogP contribution in [0.1, 0.15) is 34.6 Å². The average Bonchev–Trinajstić information content (AvgIpc) is 2.59. The summed E-state index contributed by atoms with van der Waals surface area (Å²) >= 11 is 0. The highest BCUT2D eigenvalue weighted by Crippen LogP contribution is 2.10. The maximum Gasteiger partial charge on any atom is 0.253 e. The fourth-order valence-electron chi connectivity index (χ4n) is 2.38. The van der Waals surface area contributed by atoms with E-state index < -0.39 is 0 Å². The van der Waals surface area contributed by atoms with E-state index in [1.165, 1.54) is 0 Å². The average molecular weight is 317 g/mol. The maximum atomic E-state index is 12.4. The Balaban J connectivity index is 1.95. The van der Waals surface area contributed by atoms with Crippen molar-refractivity contribution < 1.29 is 14.4 Å². The molecule has 0 saturated carbocycles. The third kappa shape index (κ3) is 4.55. The Labute approximate surface area is 136 Å². The fraction of sp³-hybridized carbons (Fsp3) is 0.471. The van der Waals surface area contributed by atoms with Crippen LogP contribution in [-0.2, 0) is 4.79 Å². The van der Waals surface area contributed by atoms with Gasteiger partial charge in [0, 0.05) is 43.9 Å². The van der Waals surface area contributed by atoms with Gasteiger partial charge in [-0.3, -0.25) is 14.4 Å². The molecular weight excluding hydrogens is 294 g/mol. The Bertz CT molecular complexity index is 561. The summed E-state index contributed by atoms with van der Waals surface area (Å²) < 4.78 is 0. The van der Waals surface area contributed by atoms with Crippen LogP contribution in [0.3, 0.4) is 0 Å². The lowest BCUT2D eigenvalue weighted by Crippen LogP contribution is -2.48. The monoisotopic (exact) mass is 317 g/mol. The van der Waals surface area contributed by atoms with Gasteiger partial charge in [-0.1, -0.05) is 13.8 Å². The van der Waals surface area contributed by atoms with Crippen molar-refractivity contribution in [1.82, 2.24) is 15.1 Å². The number of hydrogen-bond donors (Lipinski definition) is 1. The van der Waals surface area contributed by atoms with Crippen LogP contribution in [0.15, 0.2) is 24.3 Å². The van der Waals surface area contributed by atoms with Crippen molar-refractivity contribution >= 4 is 18.2 Å². The van der Waals surface area contributed by atoms with Gasteiger partial charge >= 0.3 is 0 Å². The van der Waals surface area contributed by atoms with Gasteiger partial charge < -0.3 is 15.1 Å². The molecule has 0 atom stereocenters. The van der Waals surface area contributed by atoms with Gasteiger partial charge in [0.15, 0.2) is 0 Å². The lowest BCUT2D eigenvalue weighted by molar-refractivity contribution is -0.119. The molecule has 1 saturated heterocycles. The van der Waals surface area contributed by atoms with Crippen LogP contribution in [0.25, 0.3) is 0 Å². The number of nitrogens with zero attached hydrogens (tertiary/aromatic N) is 2. The van der Waals surface area contributed by atoms with Crippen LogP contribution in [0, 0.1) is 5.92 Å². The first-order valence-corrected chi connectivity index (χ1v) is 7.88. The van der Waals surface area contributed by atoms with E-state index in [1.54, 1.807) is 34.1 Å². The summed E-state index contributed by atoms with van der Waals surface area (Å²) in [7, 11) is 0. The van der Waals surface area contributed by atoms with Crippen LogP contribution >= 0.6 is 0 Å². The van der Waals surface area contributed by atoms with Crippen LogP contribution in [0.5, 0.6) is 0 Å². The number of hydrogen-bond acceptors (Lipinski definition) is 3. The number of rotatable bonds is 5. The second-order valence-electron chi connectivity index (χ2n) is 6.11. The second-order valence-corrected chi connectivity index (χ2v) is 6.11. The highest BCUT2D eigenvalue weighted by Gasteiger charge is 2.21. The van der Waals surface area contributed by atoms with Crippen molar-refractivity contribution in [3.63, 3.8) is 0 Å². The summed E-state index contributed by atoms with van der Waals surface area (Å²) in [5.74, 6) is 0.201. The molecule has 0 aliphatic carbocycles. The van der Waals surface area contributed by atoms with E-state index in [1.807, 2.05) is 13.8 Å². The van der Waals surface area contributed by atoms with Crippen molar-refractivity contribution in [3.8, 4) is 0 Å². The van der Waals surface area contributed by atoms with Gasteiger partial charge in [-0.15, -0.1) is 0 Å². The zero-order valence-electron chi connectivity index (χ0n) is 13.6. The first-order chi connectivity index (χ1) is 11.0. The predicted octanol–water partition coefficient (Wildman–Crippen LogP) is 0.987. The molecule has 6 nitrogen and oxygen atoms in total. The highest BCUT2D eigenvalue weighted by atomic mass is 16.2. The van der Waals surface area contributed by atoms with Gasteiger partial charge in [0.05, 0.1) is 0 Å². The molecule has 0 radical (unpaired) electrons. The van der Waals surface area contributed by atoms with E-state index >= 15 is 0 Å². The molecule has 1 aliphatic heterocycles. The van der Waals surface area contributed by atoms with E-state index in [9.17, 15) is 14.4 Å². The molecule has 1 heterocycles.